The highest BCUT2D eigenvalue weighted by atomic mass is 19.1. The molecule has 3 heterocycles. The number of carbonyl (C=O) groups is 2. The monoisotopic (exact) mass is 443 g/mol. The molecule has 5 rings (SSSR count). The standard InChI is InChI=1S/C24H30FN3O4/c25-16-5-6-20-21(13-16)32-26-22(20)15-7-10-27(11-8-15)14-17(29)9-12-28-23(30)18-3-1-2-4-19(18)24(28)31/h5-6,13,15,17-19,29H,1-4,7-12,14H2. The molecule has 1 aromatic carbocycles. The first-order chi connectivity index (χ1) is 15.5. The van der Waals surface area contributed by atoms with Gasteiger partial charge < -0.3 is 14.5 Å². The van der Waals surface area contributed by atoms with Gasteiger partial charge in [-0.3, -0.25) is 14.5 Å². The van der Waals surface area contributed by atoms with E-state index in [2.05, 4.69) is 10.1 Å². The fourth-order valence-electron chi connectivity index (χ4n) is 5.73. The minimum atomic E-state index is -0.578. The van der Waals surface area contributed by atoms with Gasteiger partial charge in [0.15, 0.2) is 5.58 Å². The van der Waals surface area contributed by atoms with Crippen molar-refractivity contribution in [3.05, 3.63) is 29.7 Å². The molecule has 2 saturated heterocycles. The summed E-state index contributed by atoms with van der Waals surface area (Å²) in [6, 6.07) is 4.52. The fourth-order valence-corrected chi connectivity index (χ4v) is 5.73. The average Bonchev–Trinajstić information content (AvgIpc) is 3.32. The van der Waals surface area contributed by atoms with E-state index in [-0.39, 0.29) is 35.4 Å². The Balaban J connectivity index is 1.10. The van der Waals surface area contributed by atoms with Gasteiger partial charge in [-0.2, -0.15) is 0 Å². The Morgan fingerprint density at radius 2 is 1.78 bits per heavy atom. The highest BCUT2D eigenvalue weighted by Crippen LogP contribution is 2.38. The zero-order valence-electron chi connectivity index (χ0n) is 18.2. The number of fused-ring (bicyclic) bond motifs is 2. The number of aromatic nitrogens is 1. The van der Waals surface area contributed by atoms with Crippen LogP contribution in [0.4, 0.5) is 4.39 Å². The molecule has 0 spiro atoms. The number of likely N-dealkylation sites (tertiary alicyclic amines) is 2. The number of halogens is 1. The first-order valence-electron chi connectivity index (χ1n) is 11.8. The number of benzene rings is 1. The van der Waals surface area contributed by atoms with Crippen molar-refractivity contribution < 1.29 is 23.6 Å². The van der Waals surface area contributed by atoms with E-state index in [9.17, 15) is 19.1 Å². The molecule has 1 aliphatic carbocycles. The van der Waals surface area contributed by atoms with Crippen molar-refractivity contribution >= 4 is 22.8 Å². The Bertz CT molecular complexity index is 976. The molecule has 3 aliphatic rings. The smallest absolute Gasteiger partial charge is 0.233 e. The summed E-state index contributed by atoms with van der Waals surface area (Å²) in [6.07, 6.45) is 5.29. The second kappa shape index (κ2) is 8.90. The van der Waals surface area contributed by atoms with Gasteiger partial charge in [-0.15, -0.1) is 0 Å². The fraction of sp³-hybridized carbons (Fsp3) is 0.625. The van der Waals surface area contributed by atoms with Crippen LogP contribution in [0, 0.1) is 17.7 Å². The minimum Gasteiger partial charge on any atom is -0.392 e. The van der Waals surface area contributed by atoms with E-state index in [1.54, 1.807) is 6.07 Å². The van der Waals surface area contributed by atoms with Gasteiger partial charge in [0.2, 0.25) is 11.8 Å². The van der Waals surface area contributed by atoms with Crippen molar-refractivity contribution in [2.45, 2.75) is 57.0 Å². The van der Waals surface area contributed by atoms with Crippen molar-refractivity contribution in [2.75, 3.05) is 26.2 Å². The van der Waals surface area contributed by atoms with Crippen molar-refractivity contribution in [3.63, 3.8) is 0 Å². The lowest BCUT2D eigenvalue weighted by molar-refractivity contribution is -0.140. The van der Waals surface area contributed by atoms with Crippen molar-refractivity contribution in [3.8, 4) is 0 Å². The Hall–Kier alpha value is -2.32. The van der Waals surface area contributed by atoms with Crippen LogP contribution in [-0.4, -0.2) is 64.2 Å². The second-order valence-corrected chi connectivity index (χ2v) is 9.55. The van der Waals surface area contributed by atoms with Crippen LogP contribution in [0.25, 0.3) is 11.0 Å². The topological polar surface area (TPSA) is 86.9 Å². The summed E-state index contributed by atoms with van der Waals surface area (Å²) in [5, 5.41) is 15.6. The van der Waals surface area contributed by atoms with Crippen LogP contribution in [0.2, 0.25) is 0 Å². The summed E-state index contributed by atoms with van der Waals surface area (Å²) in [7, 11) is 0. The van der Waals surface area contributed by atoms with Crippen molar-refractivity contribution in [1.82, 2.24) is 15.0 Å². The number of hydrogen-bond donors (Lipinski definition) is 1. The van der Waals surface area contributed by atoms with Crippen LogP contribution in [0.1, 0.15) is 56.6 Å². The second-order valence-electron chi connectivity index (χ2n) is 9.55. The highest BCUT2D eigenvalue weighted by Gasteiger charge is 2.47. The van der Waals surface area contributed by atoms with Crippen LogP contribution in [0.15, 0.2) is 22.7 Å². The number of rotatable bonds is 6. The number of aliphatic hydroxyl groups excluding tert-OH is 1. The van der Waals surface area contributed by atoms with Crippen LogP contribution in [-0.2, 0) is 9.59 Å². The lowest BCUT2D eigenvalue weighted by Gasteiger charge is -2.32. The van der Waals surface area contributed by atoms with E-state index >= 15 is 0 Å². The van der Waals surface area contributed by atoms with Crippen LogP contribution < -0.4 is 0 Å². The summed E-state index contributed by atoms with van der Waals surface area (Å²) < 4.78 is 18.7. The third-order valence-electron chi connectivity index (χ3n) is 7.52. The Labute approximate surface area is 186 Å². The molecule has 32 heavy (non-hydrogen) atoms. The van der Waals surface area contributed by atoms with Gasteiger partial charge in [-0.05, 0) is 57.3 Å². The molecule has 1 aromatic heterocycles. The highest BCUT2D eigenvalue weighted by molar-refractivity contribution is 6.05. The summed E-state index contributed by atoms with van der Waals surface area (Å²) in [4.78, 5) is 28.8. The van der Waals surface area contributed by atoms with Gasteiger partial charge in [-0.1, -0.05) is 18.0 Å². The van der Waals surface area contributed by atoms with Gasteiger partial charge >= 0.3 is 0 Å². The zero-order chi connectivity index (χ0) is 22.2. The molecule has 8 heteroatoms. The number of amides is 2. The molecule has 0 bridgehead atoms. The van der Waals surface area contributed by atoms with Gasteiger partial charge in [0, 0.05) is 30.5 Å². The van der Waals surface area contributed by atoms with E-state index in [0.29, 0.717) is 25.1 Å². The van der Waals surface area contributed by atoms with Crippen molar-refractivity contribution in [2.24, 2.45) is 11.8 Å². The lowest BCUT2D eigenvalue weighted by atomic mass is 9.81. The Morgan fingerprint density at radius 1 is 1.09 bits per heavy atom. The SMILES string of the molecule is O=C1C2CCCCC2C(=O)N1CCC(O)CN1CCC(c2noc3cc(F)ccc23)CC1. The number of aliphatic hydroxyl groups is 1. The van der Waals surface area contributed by atoms with Crippen LogP contribution in [0.3, 0.4) is 0 Å². The largest absolute Gasteiger partial charge is 0.392 e. The summed E-state index contributed by atoms with van der Waals surface area (Å²) in [5.74, 6) is -0.411. The maximum atomic E-state index is 13.4. The molecule has 3 atom stereocenters. The van der Waals surface area contributed by atoms with Crippen LogP contribution in [0.5, 0.6) is 0 Å². The first-order valence-corrected chi connectivity index (χ1v) is 11.8. The molecule has 3 fully saturated rings. The molecular formula is C24H30FN3O4. The number of hydrogen-bond acceptors (Lipinski definition) is 6. The van der Waals surface area contributed by atoms with E-state index < -0.39 is 6.10 Å². The third-order valence-corrected chi connectivity index (χ3v) is 7.52. The quantitative estimate of drug-likeness (QED) is 0.691. The number of nitrogens with zero attached hydrogens (tertiary/aromatic N) is 3. The molecule has 2 aliphatic heterocycles. The predicted molar refractivity (Wildman–Crippen MR) is 115 cm³/mol. The maximum absolute atomic E-state index is 13.4. The maximum Gasteiger partial charge on any atom is 0.233 e. The van der Waals surface area contributed by atoms with Gasteiger partial charge in [0.05, 0.1) is 23.6 Å². The third kappa shape index (κ3) is 4.06. The summed E-state index contributed by atoms with van der Waals surface area (Å²) in [5.41, 5.74) is 1.36. The van der Waals surface area contributed by atoms with E-state index in [0.717, 1.165) is 62.7 Å². The molecule has 7 nitrogen and oxygen atoms in total. The van der Waals surface area contributed by atoms with E-state index in [1.807, 2.05) is 0 Å². The number of carbonyl (C=O) groups excluding carboxylic acids is 2. The number of imide groups is 1. The first kappa shape index (κ1) is 21.5. The predicted octanol–water partition coefficient (Wildman–Crippen LogP) is 3.07. The van der Waals surface area contributed by atoms with Crippen molar-refractivity contribution in [1.29, 1.82) is 0 Å². The van der Waals surface area contributed by atoms with E-state index in [1.165, 1.54) is 17.0 Å². The minimum absolute atomic E-state index is 0.0348. The van der Waals surface area contributed by atoms with Gasteiger partial charge in [0.1, 0.15) is 5.82 Å². The molecule has 3 unspecified atom stereocenters. The molecule has 2 amide bonds. The van der Waals surface area contributed by atoms with Gasteiger partial charge in [0.25, 0.3) is 0 Å². The zero-order valence-corrected chi connectivity index (χ0v) is 18.2. The Morgan fingerprint density at radius 3 is 2.47 bits per heavy atom. The molecule has 172 valence electrons. The Kier molecular flexibility index (Phi) is 5.99. The average molecular weight is 444 g/mol. The molecule has 1 N–H and O–H groups in total. The summed E-state index contributed by atoms with van der Waals surface area (Å²) >= 11 is 0. The van der Waals surface area contributed by atoms with E-state index in [4.69, 9.17) is 4.52 Å². The molecule has 2 aromatic rings. The normalized spacial score (nSPS) is 26.1. The van der Waals surface area contributed by atoms with Gasteiger partial charge in [-0.25, -0.2) is 4.39 Å². The number of β-amino-alcohol motifs (C(OH)–C–C–N with tert-alkyl or cyclic N) is 1. The molecule has 0 radical (unpaired) electrons. The molecular weight excluding hydrogens is 413 g/mol. The van der Waals surface area contributed by atoms with Crippen LogP contribution >= 0.6 is 0 Å². The number of piperidine rings is 1. The lowest BCUT2D eigenvalue weighted by Crippen LogP contribution is -2.40. The molecule has 1 saturated carbocycles. The summed E-state index contributed by atoms with van der Waals surface area (Å²) in [6.45, 7) is 2.48.